The highest BCUT2D eigenvalue weighted by Gasteiger charge is 2.48. The van der Waals surface area contributed by atoms with Gasteiger partial charge in [-0.15, -0.1) is 0 Å². The first-order valence-corrected chi connectivity index (χ1v) is 10.5. The second kappa shape index (κ2) is 7.21. The Bertz CT molecular complexity index is 910. The van der Waals surface area contributed by atoms with Crippen LogP contribution in [0, 0.1) is 5.92 Å². The molecule has 1 N–H and O–H groups in total. The number of benzene rings is 2. The fourth-order valence-electron chi connectivity index (χ4n) is 5.61. The van der Waals surface area contributed by atoms with Gasteiger partial charge in [0.25, 0.3) is 0 Å². The molecule has 0 unspecified atom stereocenters. The molecule has 1 amide bonds. The van der Waals surface area contributed by atoms with Crippen LogP contribution in [0.4, 0.5) is 4.79 Å². The molecule has 0 spiro atoms. The fourth-order valence-corrected chi connectivity index (χ4v) is 5.61. The molecule has 0 bridgehead atoms. The van der Waals surface area contributed by atoms with Crippen molar-refractivity contribution >= 4 is 12.1 Å². The summed E-state index contributed by atoms with van der Waals surface area (Å²) in [5.41, 5.74) is 4.68. The van der Waals surface area contributed by atoms with Crippen molar-refractivity contribution in [3.05, 3.63) is 59.7 Å². The first-order chi connectivity index (χ1) is 14.1. The number of likely N-dealkylation sites (tertiary alicyclic amines) is 1. The molecule has 5 heteroatoms. The average molecular weight is 391 g/mol. The van der Waals surface area contributed by atoms with Crippen LogP contribution in [0.3, 0.4) is 0 Å². The maximum atomic E-state index is 13.0. The summed E-state index contributed by atoms with van der Waals surface area (Å²) in [6.07, 6.45) is 4.10. The third-order valence-corrected chi connectivity index (χ3v) is 6.92. The molecule has 150 valence electrons. The Morgan fingerprint density at radius 2 is 1.59 bits per heavy atom. The third kappa shape index (κ3) is 3.00. The summed E-state index contributed by atoms with van der Waals surface area (Å²) in [4.78, 5) is 26.4. The van der Waals surface area contributed by atoms with Crippen LogP contribution >= 0.6 is 0 Å². The number of amides is 1. The van der Waals surface area contributed by atoms with Crippen LogP contribution in [0.2, 0.25) is 0 Å². The van der Waals surface area contributed by atoms with E-state index in [4.69, 9.17) is 4.74 Å². The van der Waals surface area contributed by atoms with Crippen molar-refractivity contribution in [2.45, 2.75) is 50.1 Å². The van der Waals surface area contributed by atoms with Crippen LogP contribution in [0.25, 0.3) is 11.1 Å². The summed E-state index contributed by atoms with van der Waals surface area (Å²) >= 11 is 0. The van der Waals surface area contributed by atoms with Crippen molar-refractivity contribution in [1.29, 1.82) is 0 Å². The number of nitrogens with zero attached hydrogens (tertiary/aromatic N) is 1. The fraction of sp³-hybridized carbons (Fsp3) is 0.417. The number of carbonyl (C=O) groups is 2. The van der Waals surface area contributed by atoms with Crippen molar-refractivity contribution in [2.24, 2.45) is 5.92 Å². The molecule has 2 aromatic rings. The van der Waals surface area contributed by atoms with Crippen LogP contribution in [0.1, 0.15) is 49.1 Å². The molecule has 0 aromatic heterocycles. The number of fused-ring (bicyclic) bond motifs is 4. The highest BCUT2D eigenvalue weighted by Crippen LogP contribution is 2.45. The van der Waals surface area contributed by atoms with Gasteiger partial charge in [-0.2, -0.15) is 0 Å². The lowest BCUT2D eigenvalue weighted by molar-refractivity contribution is -0.142. The molecular formula is C24H25NO4. The molecule has 1 heterocycles. The maximum Gasteiger partial charge on any atom is 0.410 e. The van der Waals surface area contributed by atoms with E-state index in [2.05, 4.69) is 24.3 Å². The van der Waals surface area contributed by atoms with E-state index in [-0.39, 0.29) is 24.5 Å². The van der Waals surface area contributed by atoms with Crippen LogP contribution in [-0.4, -0.2) is 40.8 Å². The molecule has 1 saturated carbocycles. The number of rotatable bonds is 3. The predicted octanol–water partition coefficient (Wildman–Crippen LogP) is 4.65. The normalized spacial score (nSPS) is 25.2. The number of hydrogen-bond acceptors (Lipinski definition) is 3. The van der Waals surface area contributed by atoms with Crippen molar-refractivity contribution in [2.75, 3.05) is 6.61 Å². The topological polar surface area (TPSA) is 66.8 Å². The second-order valence-corrected chi connectivity index (χ2v) is 8.41. The quantitative estimate of drug-likeness (QED) is 0.827. The SMILES string of the molecule is O=C(O)[C@H]1C[C@@H]2CCCC[C@H]2N1C(=O)OCC1c2ccccc2-c2ccccc21. The van der Waals surface area contributed by atoms with E-state index in [0.717, 1.165) is 36.8 Å². The molecule has 3 atom stereocenters. The molecule has 1 saturated heterocycles. The Morgan fingerprint density at radius 1 is 0.966 bits per heavy atom. The number of carbonyl (C=O) groups excluding carboxylic acids is 1. The Labute approximate surface area is 170 Å². The van der Waals surface area contributed by atoms with E-state index in [1.807, 2.05) is 24.3 Å². The number of aliphatic carboxylic acids is 1. The Morgan fingerprint density at radius 3 is 2.24 bits per heavy atom. The van der Waals surface area contributed by atoms with Gasteiger partial charge in [0.15, 0.2) is 0 Å². The van der Waals surface area contributed by atoms with Crippen LogP contribution in [0.5, 0.6) is 0 Å². The Kier molecular flexibility index (Phi) is 4.53. The van der Waals surface area contributed by atoms with E-state index in [1.54, 1.807) is 0 Å². The maximum absolute atomic E-state index is 13.0. The minimum absolute atomic E-state index is 0.000463. The molecular weight excluding hydrogens is 366 g/mol. The van der Waals surface area contributed by atoms with E-state index in [9.17, 15) is 14.7 Å². The first-order valence-electron chi connectivity index (χ1n) is 10.5. The Hall–Kier alpha value is -2.82. The molecule has 1 aliphatic heterocycles. The zero-order valence-electron chi connectivity index (χ0n) is 16.3. The predicted molar refractivity (Wildman–Crippen MR) is 109 cm³/mol. The van der Waals surface area contributed by atoms with Gasteiger partial charge in [0.05, 0.1) is 0 Å². The van der Waals surface area contributed by atoms with Gasteiger partial charge in [0, 0.05) is 12.0 Å². The van der Waals surface area contributed by atoms with Gasteiger partial charge < -0.3 is 9.84 Å². The lowest BCUT2D eigenvalue weighted by Gasteiger charge is -2.32. The Balaban J connectivity index is 1.37. The highest BCUT2D eigenvalue weighted by atomic mass is 16.6. The monoisotopic (exact) mass is 391 g/mol. The molecule has 2 aromatic carbocycles. The van der Waals surface area contributed by atoms with E-state index >= 15 is 0 Å². The molecule has 29 heavy (non-hydrogen) atoms. The number of carboxylic acids is 1. The molecule has 2 aliphatic carbocycles. The summed E-state index contributed by atoms with van der Waals surface area (Å²) in [7, 11) is 0. The lowest BCUT2D eigenvalue weighted by atomic mass is 9.85. The van der Waals surface area contributed by atoms with Crippen molar-refractivity contribution in [1.82, 2.24) is 4.90 Å². The number of hydrogen-bond donors (Lipinski definition) is 1. The van der Waals surface area contributed by atoms with Crippen molar-refractivity contribution < 1.29 is 19.4 Å². The smallest absolute Gasteiger partial charge is 0.410 e. The summed E-state index contributed by atoms with van der Waals surface area (Å²) in [5, 5.41) is 9.67. The zero-order chi connectivity index (χ0) is 20.0. The van der Waals surface area contributed by atoms with Gasteiger partial charge >= 0.3 is 12.1 Å². The first kappa shape index (κ1) is 18.2. The van der Waals surface area contributed by atoms with Gasteiger partial charge in [-0.25, -0.2) is 9.59 Å². The van der Waals surface area contributed by atoms with Crippen LogP contribution in [0.15, 0.2) is 48.5 Å². The average Bonchev–Trinajstić information content (AvgIpc) is 3.29. The van der Waals surface area contributed by atoms with Crippen LogP contribution in [-0.2, 0) is 9.53 Å². The van der Waals surface area contributed by atoms with Gasteiger partial charge in [-0.1, -0.05) is 61.4 Å². The summed E-state index contributed by atoms with van der Waals surface area (Å²) in [5.74, 6) is -0.655. The van der Waals surface area contributed by atoms with Gasteiger partial charge in [-0.05, 0) is 47.4 Å². The highest BCUT2D eigenvalue weighted by molar-refractivity contribution is 5.82. The molecule has 5 rings (SSSR count). The zero-order valence-corrected chi connectivity index (χ0v) is 16.3. The lowest BCUT2D eigenvalue weighted by Crippen LogP contribution is -2.46. The molecule has 2 fully saturated rings. The van der Waals surface area contributed by atoms with Gasteiger partial charge in [0.1, 0.15) is 12.6 Å². The molecule has 3 aliphatic rings. The standard InChI is InChI=1S/C24H25NO4/c26-23(27)22-13-15-7-1-6-12-21(15)25(22)24(28)29-14-20-18-10-4-2-8-16(18)17-9-3-5-11-19(17)20/h2-5,8-11,15,20-22H,1,6-7,12-14H2,(H,26,27)/t15-,21+,22+/m0/s1. The van der Waals surface area contributed by atoms with Gasteiger partial charge in [-0.3, -0.25) is 4.90 Å². The minimum atomic E-state index is -0.923. The van der Waals surface area contributed by atoms with E-state index in [1.165, 1.54) is 16.0 Å². The second-order valence-electron chi connectivity index (χ2n) is 8.41. The summed E-state index contributed by atoms with van der Waals surface area (Å²) < 4.78 is 5.78. The minimum Gasteiger partial charge on any atom is -0.480 e. The van der Waals surface area contributed by atoms with Gasteiger partial charge in [0.2, 0.25) is 0 Å². The largest absolute Gasteiger partial charge is 0.480 e. The van der Waals surface area contributed by atoms with E-state index < -0.39 is 18.1 Å². The molecule has 5 nitrogen and oxygen atoms in total. The summed E-state index contributed by atoms with van der Waals surface area (Å²) in [6, 6.07) is 15.7. The van der Waals surface area contributed by atoms with E-state index in [0.29, 0.717) is 6.42 Å². The van der Waals surface area contributed by atoms with Crippen LogP contribution < -0.4 is 0 Å². The van der Waals surface area contributed by atoms with Crippen molar-refractivity contribution in [3.63, 3.8) is 0 Å². The third-order valence-electron chi connectivity index (χ3n) is 6.92. The van der Waals surface area contributed by atoms with Crippen molar-refractivity contribution in [3.8, 4) is 11.1 Å². The number of carboxylic acid groups (broad SMARTS) is 1. The number of ether oxygens (including phenoxy) is 1. The molecule has 0 radical (unpaired) electrons. The summed E-state index contributed by atoms with van der Waals surface area (Å²) in [6.45, 7) is 0.229.